The third-order valence-electron chi connectivity index (χ3n) is 5.29. The van der Waals surface area contributed by atoms with Gasteiger partial charge in [0.05, 0.1) is 29.8 Å². The van der Waals surface area contributed by atoms with E-state index in [1.54, 1.807) is 43.6 Å². The molecule has 2 aromatic heterocycles. The first-order chi connectivity index (χ1) is 15.1. The van der Waals surface area contributed by atoms with Gasteiger partial charge in [-0.05, 0) is 37.1 Å². The van der Waals surface area contributed by atoms with E-state index in [2.05, 4.69) is 20.1 Å². The highest BCUT2D eigenvalue weighted by Gasteiger charge is 2.21. The van der Waals surface area contributed by atoms with Crippen LogP contribution in [-0.4, -0.2) is 39.4 Å². The Balaban J connectivity index is 1.41. The van der Waals surface area contributed by atoms with E-state index in [4.69, 9.17) is 4.42 Å². The Morgan fingerprint density at radius 2 is 2.03 bits per heavy atom. The summed E-state index contributed by atoms with van der Waals surface area (Å²) >= 11 is 1.39. The predicted octanol–water partition coefficient (Wildman–Crippen LogP) is 3.28. The van der Waals surface area contributed by atoms with Crippen molar-refractivity contribution in [2.45, 2.75) is 43.9 Å². The molecule has 0 spiro atoms. The molecule has 0 unspecified atom stereocenters. The highest BCUT2D eigenvalue weighted by atomic mass is 32.2. The molecule has 1 N–H and O–H groups in total. The van der Waals surface area contributed by atoms with Crippen LogP contribution in [0.2, 0.25) is 0 Å². The molecule has 0 bridgehead atoms. The van der Waals surface area contributed by atoms with Crippen LogP contribution in [0.1, 0.15) is 41.2 Å². The molecular weight excluding hydrogens is 414 g/mol. The molecule has 4 rings (SSSR count). The predicted molar refractivity (Wildman–Crippen MR) is 118 cm³/mol. The van der Waals surface area contributed by atoms with Crippen LogP contribution in [0.3, 0.4) is 0 Å². The van der Waals surface area contributed by atoms with Crippen molar-refractivity contribution in [3.63, 3.8) is 0 Å². The summed E-state index contributed by atoms with van der Waals surface area (Å²) in [6, 6.07) is 10.6. The summed E-state index contributed by atoms with van der Waals surface area (Å²) in [5, 5.41) is 12.2. The first-order valence-corrected chi connectivity index (χ1v) is 11.3. The maximum atomic E-state index is 12.9. The number of thioether (sulfide) groups is 1. The van der Waals surface area contributed by atoms with Crippen LogP contribution < -0.4 is 10.2 Å². The number of carbonyl (C=O) groups is 2. The van der Waals surface area contributed by atoms with Crippen LogP contribution in [0, 0.1) is 0 Å². The Kier molecular flexibility index (Phi) is 6.71. The summed E-state index contributed by atoms with van der Waals surface area (Å²) in [6.45, 7) is 1.18. The van der Waals surface area contributed by atoms with Gasteiger partial charge in [-0.3, -0.25) is 9.59 Å². The Morgan fingerprint density at radius 3 is 2.87 bits per heavy atom. The summed E-state index contributed by atoms with van der Waals surface area (Å²) in [5.74, 6) is 1.51. The number of nitrogens with zero attached hydrogens (tertiary/aromatic N) is 4. The van der Waals surface area contributed by atoms with Crippen molar-refractivity contribution in [3.8, 4) is 0 Å². The van der Waals surface area contributed by atoms with Crippen molar-refractivity contribution in [3.05, 3.63) is 59.8 Å². The van der Waals surface area contributed by atoms with Crippen molar-refractivity contribution in [2.24, 2.45) is 0 Å². The van der Waals surface area contributed by atoms with Gasteiger partial charge in [-0.25, -0.2) is 0 Å². The van der Waals surface area contributed by atoms with Crippen LogP contribution in [0.5, 0.6) is 0 Å². The molecule has 162 valence electrons. The number of furan rings is 1. The largest absolute Gasteiger partial charge is 0.467 e. The lowest BCUT2D eigenvalue weighted by atomic mass is 10.1. The highest BCUT2D eigenvalue weighted by Crippen LogP contribution is 2.24. The fourth-order valence-corrected chi connectivity index (χ4v) is 4.45. The number of para-hydroxylation sites is 1. The Morgan fingerprint density at radius 1 is 1.16 bits per heavy atom. The topological polar surface area (TPSA) is 93.3 Å². The summed E-state index contributed by atoms with van der Waals surface area (Å²) < 4.78 is 7.38. The van der Waals surface area contributed by atoms with Gasteiger partial charge in [-0.1, -0.05) is 30.3 Å². The maximum absolute atomic E-state index is 12.9. The molecule has 0 fully saturated rings. The molecule has 3 heterocycles. The monoisotopic (exact) mass is 439 g/mol. The van der Waals surface area contributed by atoms with Gasteiger partial charge in [0.15, 0.2) is 5.16 Å². The number of anilines is 1. The van der Waals surface area contributed by atoms with Crippen LogP contribution in [0.15, 0.2) is 52.2 Å². The van der Waals surface area contributed by atoms with Crippen LogP contribution in [-0.2, 0) is 24.3 Å². The Labute approximate surface area is 185 Å². The zero-order valence-electron chi connectivity index (χ0n) is 17.4. The van der Waals surface area contributed by atoms with E-state index in [9.17, 15) is 9.59 Å². The van der Waals surface area contributed by atoms with Crippen LogP contribution >= 0.6 is 11.8 Å². The van der Waals surface area contributed by atoms with E-state index in [0.29, 0.717) is 17.0 Å². The van der Waals surface area contributed by atoms with Gasteiger partial charge in [0.1, 0.15) is 11.6 Å². The number of hydrogen-bond acceptors (Lipinski definition) is 6. The lowest BCUT2D eigenvalue weighted by Gasteiger charge is -2.20. The number of amides is 2. The number of aromatic nitrogens is 3. The van der Waals surface area contributed by atoms with Crippen LogP contribution in [0.4, 0.5) is 5.69 Å². The highest BCUT2D eigenvalue weighted by molar-refractivity contribution is 7.99. The second-order valence-corrected chi connectivity index (χ2v) is 8.32. The molecule has 3 aromatic rings. The third kappa shape index (κ3) is 4.99. The van der Waals surface area contributed by atoms with Gasteiger partial charge < -0.3 is 19.2 Å². The molecule has 1 aliphatic heterocycles. The maximum Gasteiger partial charge on any atom is 0.253 e. The van der Waals surface area contributed by atoms with E-state index in [1.165, 1.54) is 23.1 Å². The molecule has 0 radical (unpaired) electrons. The molecule has 31 heavy (non-hydrogen) atoms. The molecule has 9 heteroatoms. The quantitative estimate of drug-likeness (QED) is 0.568. The lowest BCUT2D eigenvalue weighted by Crippen LogP contribution is -2.31. The van der Waals surface area contributed by atoms with E-state index >= 15 is 0 Å². The van der Waals surface area contributed by atoms with E-state index in [1.807, 2.05) is 6.07 Å². The number of fused-ring (bicyclic) bond motifs is 1. The Bertz CT molecular complexity index is 1050. The SMILES string of the molecule is CN(C(=O)CSc1nnc2n1CCCCC2)c1ccccc1C(=O)NCc1ccco1. The fourth-order valence-electron chi connectivity index (χ4n) is 3.56. The first kappa shape index (κ1) is 21.2. The van der Waals surface area contributed by atoms with Gasteiger partial charge in [0.25, 0.3) is 5.91 Å². The van der Waals surface area contributed by atoms with Gasteiger partial charge in [-0.2, -0.15) is 0 Å². The minimum absolute atomic E-state index is 0.109. The zero-order chi connectivity index (χ0) is 21.6. The fraction of sp³-hybridized carbons (Fsp3) is 0.364. The van der Waals surface area contributed by atoms with Crippen molar-refractivity contribution >= 4 is 29.3 Å². The molecule has 0 saturated heterocycles. The summed E-state index contributed by atoms with van der Waals surface area (Å²) in [5.41, 5.74) is 0.997. The first-order valence-electron chi connectivity index (χ1n) is 10.3. The molecular formula is C22H25N5O3S. The molecule has 2 amide bonds. The third-order valence-corrected chi connectivity index (χ3v) is 6.24. The van der Waals surface area contributed by atoms with Crippen molar-refractivity contribution in [1.29, 1.82) is 0 Å². The molecule has 1 aromatic carbocycles. The van der Waals surface area contributed by atoms with Gasteiger partial charge in [0, 0.05) is 20.0 Å². The smallest absolute Gasteiger partial charge is 0.253 e. The number of rotatable bonds is 7. The van der Waals surface area contributed by atoms with Crippen molar-refractivity contribution < 1.29 is 14.0 Å². The average molecular weight is 440 g/mol. The zero-order valence-corrected chi connectivity index (χ0v) is 18.2. The van der Waals surface area contributed by atoms with Gasteiger partial charge in [-0.15, -0.1) is 10.2 Å². The van der Waals surface area contributed by atoms with Gasteiger partial charge >= 0.3 is 0 Å². The second-order valence-electron chi connectivity index (χ2n) is 7.38. The molecule has 1 aliphatic rings. The summed E-state index contributed by atoms with van der Waals surface area (Å²) in [4.78, 5) is 27.1. The minimum atomic E-state index is -0.262. The van der Waals surface area contributed by atoms with Crippen LogP contribution in [0.25, 0.3) is 0 Å². The van der Waals surface area contributed by atoms with Crippen molar-refractivity contribution in [2.75, 3.05) is 17.7 Å². The van der Waals surface area contributed by atoms with Gasteiger partial charge in [0.2, 0.25) is 5.91 Å². The lowest BCUT2D eigenvalue weighted by molar-refractivity contribution is -0.115. The number of aryl methyl sites for hydroxylation is 1. The van der Waals surface area contributed by atoms with E-state index in [0.717, 1.165) is 36.8 Å². The average Bonchev–Trinajstić information content (AvgIpc) is 3.39. The molecule has 8 nitrogen and oxygen atoms in total. The van der Waals surface area contributed by atoms with E-state index < -0.39 is 0 Å². The second kappa shape index (κ2) is 9.82. The minimum Gasteiger partial charge on any atom is -0.467 e. The number of benzene rings is 1. The standard InChI is InChI=1S/C22H25N5O3S/c1-26(20(28)15-31-22-25-24-19-11-3-2-6-12-27(19)22)18-10-5-4-9-17(18)21(29)23-14-16-8-7-13-30-16/h4-5,7-10,13H,2-3,6,11-12,14-15H2,1H3,(H,23,29). The number of carbonyl (C=O) groups excluding carboxylic acids is 2. The summed E-state index contributed by atoms with van der Waals surface area (Å²) in [6.07, 6.45) is 5.92. The normalized spacial score (nSPS) is 13.3. The summed E-state index contributed by atoms with van der Waals surface area (Å²) in [7, 11) is 1.69. The Hall–Kier alpha value is -3.07. The molecule has 0 atom stereocenters. The van der Waals surface area contributed by atoms with Crippen molar-refractivity contribution in [1.82, 2.24) is 20.1 Å². The molecule has 0 saturated carbocycles. The molecule has 0 aliphatic carbocycles. The number of nitrogens with one attached hydrogen (secondary N) is 1. The number of hydrogen-bond donors (Lipinski definition) is 1. The van der Waals surface area contributed by atoms with E-state index in [-0.39, 0.29) is 24.1 Å².